The molecule has 6 atom stereocenters. The van der Waals surface area contributed by atoms with Gasteiger partial charge in [-0.15, -0.1) is 0 Å². The van der Waals surface area contributed by atoms with Gasteiger partial charge in [0.05, 0.1) is 11.4 Å². The standard InChI is InChI=1S/C48H47N/c1-45(2)23-24-46(3,4)44-37(45)18-12-20-40(44)49(34-15-9-6-10-16-34)39-19-11-17-36-43(39)35-22-21-32(31-13-7-5-8-14-31)27-38(35)48(36)41-26-30-25-33-28-42(48)47(33,41)29-30/h5-22,27,30,33,41-42H,23-26,28-29H2,1-4H3. The summed E-state index contributed by atoms with van der Waals surface area (Å²) in [6.45, 7) is 9.87. The average molecular weight is 638 g/mol. The van der Waals surface area contributed by atoms with E-state index in [1.807, 2.05) is 0 Å². The first-order chi connectivity index (χ1) is 23.7. The Morgan fingerprint density at radius 3 is 2.04 bits per heavy atom. The van der Waals surface area contributed by atoms with Crippen molar-refractivity contribution in [3.05, 3.63) is 138 Å². The minimum atomic E-state index is 0.0839. The Kier molecular flexibility index (Phi) is 5.49. The lowest BCUT2D eigenvalue weighted by Gasteiger charge is -2.76. The number of nitrogens with zero attached hydrogens (tertiary/aromatic N) is 1. The molecule has 4 saturated carbocycles. The SMILES string of the molecule is CC1(C)CCC(C)(C)c2c(N(c3ccccc3)c3cccc4c3-c3ccc(-c5ccccc5)cc3C43C4CC5CC6CC3C64C5)cccc21. The Bertz CT molecular complexity index is 2170. The molecule has 2 spiro atoms. The maximum absolute atomic E-state index is 2.66. The van der Waals surface area contributed by atoms with E-state index in [-0.39, 0.29) is 16.2 Å². The van der Waals surface area contributed by atoms with E-state index < -0.39 is 0 Å². The summed E-state index contributed by atoms with van der Waals surface area (Å²) in [5.74, 6) is 3.47. The molecule has 5 aromatic rings. The Balaban J connectivity index is 1.19. The molecule has 6 aliphatic rings. The fraction of sp³-hybridized carbons (Fsp3) is 0.375. The summed E-state index contributed by atoms with van der Waals surface area (Å²) in [4.78, 5) is 2.66. The van der Waals surface area contributed by atoms with Gasteiger partial charge in [0, 0.05) is 16.7 Å². The first-order valence-corrected chi connectivity index (χ1v) is 19.1. The largest absolute Gasteiger partial charge is 0.310 e. The fourth-order valence-electron chi connectivity index (χ4n) is 13.3. The van der Waals surface area contributed by atoms with Crippen molar-refractivity contribution in [2.75, 3.05) is 4.90 Å². The molecule has 6 aliphatic carbocycles. The van der Waals surface area contributed by atoms with Gasteiger partial charge in [-0.2, -0.15) is 0 Å². The summed E-state index contributed by atoms with van der Waals surface area (Å²) in [5.41, 5.74) is 16.9. The van der Waals surface area contributed by atoms with E-state index in [1.165, 1.54) is 89.0 Å². The number of hydrogen-bond donors (Lipinski definition) is 0. The van der Waals surface area contributed by atoms with Gasteiger partial charge in [-0.25, -0.2) is 0 Å². The molecule has 4 fully saturated rings. The molecule has 11 rings (SSSR count). The molecule has 0 amide bonds. The van der Waals surface area contributed by atoms with Gasteiger partial charge in [0.1, 0.15) is 0 Å². The average Bonchev–Trinajstić information content (AvgIpc) is 3.75. The monoisotopic (exact) mass is 637 g/mol. The first kappa shape index (κ1) is 28.7. The first-order valence-electron chi connectivity index (χ1n) is 19.1. The molecule has 6 unspecified atom stereocenters. The van der Waals surface area contributed by atoms with E-state index in [4.69, 9.17) is 0 Å². The molecule has 1 heteroatoms. The summed E-state index contributed by atoms with van der Waals surface area (Å²) < 4.78 is 0. The lowest BCUT2D eigenvalue weighted by Crippen LogP contribution is -2.73. The molecule has 2 bridgehead atoms. The van der Waals surface area contributed by atoms with Crippen LogP contribution in [0.1, 0.15) is 88.5 Å². The zero-order chi connectivity index (χ0) is 32.9. The second kappa shape index (κ2) is 9.36. The van der Waals surface area contributed by atoms with Gasteiger partial charge in [-0.05, 0) is 148 Å². The van der Waals surface area contributed by atoms with Crippen LogP contribution in [0.5, 0.6) is 0 Å². The molecule has 0 aliphatic heterocycles. The minimum Gasteiger partial charge on any atom is -0.310 e. The van der Waals surface area contributed by atoms with Gasteiger partial charge in [-0.1, -0.05) is 113 Å². The normalized spacial score (nSPS) is 31.3. The van der Waals surface area contributed by atoms with Gasteiger partial charge in [-0.3, -0.25) is 0 Å². The molecule has 0 radical (unpaired) electrons. The summed E-state index contributed by atoms with van der Waals surface area (Å²) in [6.07, 6.45) is 8.25. The van der Waals surface area contributed by atoms with E-state index in [0.717, 1.165) is 23.7 Å². The van der Waals surface area contributed by atoms with Crippen LogP contribution < -0.4 is 4.90 Å². The van der Waals surface area contributed by atoms with Crippen molar-refractivity contribution in [1.82, 2.24) is 0 Å². The molecular weight excluding hydrogens is 591 g/mol. The van der Waals surface area contributed by atoms with Crippen molar-refractivity contribution in [3.8, 4) is 22.3 Å². The topological polar surface area (TPSA) is 3.24 Å². The van der Waals surface area contributed by atoms with E-state index in [2.05, 4.69) is 148 Å². The van der Waals surface area contributed by atoms with Crippen LogP contribution in [0.4, 0.5) is 17.1 Å². The maximum atomic E-state index is 2.66. The van der Waals surface area contributed by atoms with Crippen molar-refractivity contribution in [1.29, 1.82) is 0 Å². The van der Waals surface area contributed by atoms with Crippen molar-refractivity contribution in [3.63, 3.8) is 0 Å². The Hall–Kier alpha value is -4.10. The fourth-order valence-corrected chi connectivity index (χ4v) is 13.3. The smallest absolute Gasteiger partial charge is 0.0543 e. The predicted molar refractivity (Wildman–Crippen MR) is 203 cm³/mol. The van der Waals surface area contributed by atoms with Gasteiger partial charge in [0.2, 0.25) is 0 Å². The molecule has 5 aromatic carbocycles. The van der Waals surface area contributed by atoms with Gasteiger partial charge >= 0.3 is 0 Å². The number of para-hydroxylation sites is 1. The molecule has 0 N–H and O–H groups in total. The number of benzene rings is 5. The van der Waals surface area contributed by atoms with Crippen molar-refractivity contribution in [2.24, 2.45) is 29.1 Å². The summed E-state index contributed by atoms with van der Waals surface area (Å²) in [7, 11) is 0. The van der Waals surface area contributed by atoms with Crippen molar-refractivity contribution < 1.29 is 0 Å². The molecule has 0 saturated heterocycles. The Morgan fingerprint density at radius 1 is 0.571 bits per heavy atom. The molecule has 0 aromatic heterocycles. The number of fused-ring (bicyclic) bond motifs is 9. The number of rotatable bonds is 4. The van der Waals surface area contributed by atoms with Crippen LogP contribution in [0.15, 0.2) is 115 Å². The zero-order valence-electron chi connectivity index (χ0n) is 29.5. The molecule has 0 heterocycles. The predicted octanol–water partition coefficient (Wildman–Crippen LogP) is 12.5. The van der Waals surface area contributed by atoms with Crippen LogP contribution in [0.2, 0.25) is 0 Å². The van der Waals surface area contributed by atoms with Crippen LogP contribution in [0.3, 0.4) is 0 Å². The van der Waals surface area contributed by atoms with E-state index in [9.17, 15) is 0 Å². The summed E-state index contributed by atoms with van der Waals surface area (Å²) >= 11 is 0. The van der Waals surface area contributed by atoms with Crippen LogP contribution in [-0.2, 0) is 16.2 Å². The van der Waals surface area contributed by atoms with Gasteiger partial charge in [0.15, 0.2) is 0 Å². The molecular formula is C48H47N. The lowest BCUT2D eigenvalue weighted by atomic mass is 9.27. The molecule has 1 nitrogen and oxygen atoms in total. The third-order valence-electron chi connectivity index (χ3n) is 15.2. The van der Waals surface area contributed by atoms with E-state index in [0.29, 0.717) is 5.41 Å². The van der Waals surface area contributed by atoms with Gasteiger partial charge < -0.3 is 4.90 Å². The van der Waals surface area contributed by atoms with Crippen LogP contribution in [0.25, 0.3) is 22.3 Å². The molecule has 49 heavy (non-hydrogen) atoms. The second-order valence-corrected chi connectivity index (χ2v) is 18.0. The van der Waals surface area contributed by atoms with Gasteiger partial charge in [0.25, 0.3) is 0 Å². The summed E-state index contributed by atoms with van der Waals surface area (Å²) in [6, 6.07) is 44.5. The highest BCUT2D eigenvalue weighted by Crippen LogP contribution is 2.90. The van der Waals surface area contributed by atoms with E-state index in [1.54, 1.807) is 11.1 Å². The van der Waals surface area contributed by atoms with Crippen LogP contribution >= 0.6 is 0 Å². The maximum Gasteiger partial charge on any atom is 0.0543 e. The highest BCUT2D eigenvalue weighted by Gasteiger charge is 2.84. The third-order valence-corrected chi connectivity index (χ3v) is 15.2. The van der Waals surface area contributed by atoms with E-state index >= 15 is 0 Å². The number of anilines is 3. The lowest BCUT2D eigenvalue weighted by molar-refractivity contribution is -0.231. The van der Waals surface area contributed by atoms with Crippen LogP contribution in [-0.4, -0.2) is 0 Å². The minimum absolute atomic E-state index is 0.0839. The highest BCUT2D eigenvalue weighted by molar-refractivity contribution is 5.97. The molecule has 244 valence electrons. The third kappa shape index (κ3) is 3.38. The number of hydrogen-bond acceptors (Lipinski definition) is 1. The zero-order valence-corrected chi connectivity index (χ0v) is 29.5. The second-order valence-electron chi connectivity index (χ2n) is 18.0. The summed E-state index contributed by atoms with van der Waals surface area (Å²) in [5, 5.41) is 0. The Morgan fingerprint density at radius 2 is 1.27 bits per heavy atom. The highest BCUT2D eigenvalue weighted by atomic mass is 15.2. The quantitative estimate of drug-likeness (QED) is 0.189. The van der Waals surface area contributed by atoms with Crippen molar-refractivity contribution >= 4 is 17.1 Å². The Labute approximate surface area is 292 Å². The van der Waals surface area contributed by atoms with Crippen LogP contribution in [0, 0.1) is 29.1 Å². The van der Waals surface area contributed by atoms with Crippen molar-refractivity contribution in [2.45, 2.75) is 82.5 Å².